The van der Waals surface area contributed by atoms with E-state index in [2.05, 4.69) is 57.5 Å². The topological polar surface area (TPSA) is 35.8 Å². The van der Waals surface area contributed by atoms with Crippen LogP contribution < -0.4 is 5.32 Å². The van der Waals surface area contributed by atoms with Gasteiger partial charge in [0.1, 0.15) is 0 Å². The van der Waals surface area contributed by atoms with Gasteiger partial charge in [-0.25, -0.2) is 0 Å². The number of nitrogens with zero attached hydrogens (tertiary/aromatic N) is 1. The molecule has 18 heavy (non-hydrogen) atoms. The third kappa shape index (κ3) is 3.83. The molecular formula is C15H24N2S. The fraction of sp³-hybridized carbons (Fsp3) is 0.667. The zero-order chi connectivity index (χ0) is 13.8. The van der Waals surface area contributed by atoms with Crippen molar-refractivity contribution < 1.29 is 0 Å². The van der Waals surface area contributed by atoms with Gasteiger partial charge in [-0.15, -0.1) is 11.3 Å². The van der Waals surface area contributed by atoms with E-state index in [4.69, 9.17) is 5.26 Å². The number of aryl methyl sites for hydroxylation is 1. The van der Waals surface area contributed by atoms with E-state index in [1.54, 1.807) is 0 Å². The van der Waals surface area contributed by atoms with Crippen molar-refractivity contribution in [1.82, 2.24) is 5.32 Å². The predicted molar refractivity (Wildman–Crippen MR) is 78.9 cm³/mol. The first-order valence-electron chi connectivity index (χ1n) is 6.53. The van der Waals surface area contributed by atoms with E-state index in [0.717, 1.165) is 13.1 Å². The van der Waals surface area contributed by atoms with Gasteiger partial charge in [-0.05, 0) is 29.9 Å². The van der Waals surface area contributed by atoms with Crippen LogP contribution in [0.25, 0.3) is 0 Å². The van der Waals surface area contributed by atoms with Crippen molar-refractivity contribution in [2.24, 2.45) is 11.8 Å². The minimum absolute atomic E-state index is 0.102. The maximum atomic E-state index is 9.07. The van der Waals surface area contributed by atoms with Crippen LogP contribution in [0.1, 0.15) is 38.1 Å². The highest BCUT2D eigenvalue weighted by molar-refractivity contribution is 7.10. The van der Waals surface area contributed by atoms with E-state index >= 15 is 0 Å². The van der Waals surface area contributed by atoms with Gasteiger partial charge < -0.3 is 5.32 Å². The molecule has 1 N–H and O–H groups in total. The molecule has 1 aromatic rings. The first kappa shape index (κ1) is 15.2. The number of nitriles is 1. The molecule has 0 fully saturated rings. The van der Waals surface area contributed by atoms with Gasteiger partial charge in [-0.2, -0.15) is 5.26 Å². The van der Waals surface area contributed by atoms with Crippen LogP contribution in [0.2, 0.25) is 0 Å². The molecule has 3 heteroatoms. The Bertz CT molecular complexity index is 412. The summed E-state index contributed by atoms with van der Waals surface area (Å²) in [6.45, 7) is 12.6. The molecule has 0 aliphatic heterocycles. The third-order valence-corrected chi connectivity index (χ3v) is 4.76. The second kappa shape index (κ2) is 6.36. The van der Waals surface area contributed by atoms with Crippen LogP contribution in [0.4, 0.5) is 0 Å². The van der Waals surface area contributed by atoms with Crippen LogP contribution in [-0.4, -0.2) is 13.1 Å². The molecular weight excluding hydrogens is 240 g/mol. The van der Waals surface area contributed by atoms with Crippen LogP contribution in [0.15, 0.2) is 11.4 Å². The molecule has 1 unspecified atom stereocenters. The molecule has 1 atom stereocenters. The minimum atomic E-state index is 0.102. The average molecular weight is 264 g/mol. The molecule has 1 heterocycles. The van der Waals surface area contributed by atoms with Gasteiger partial charge in [0.25, 0.3) is 0 Å². The molecule has 0 saturated carbocycles. The zero-order valence-electron chi connectivity index (χ0n) is 12.1. The van der Waals surface area contributed by atoms with Gasteiger partial charge in [-0.1, -0.05) is 27.7 Å². The largest absolute Gasteiger partial charge is 0.315 e. The van der Waals surface area contributed by atoms with E-state index in [1.165, 1.54) is 10.4 Å². The van der Waals surface area contributed by atoms with E-state index in [-0.39, 0.29) is 11.3 Å². The van der Waals surface area contributed by atoms with E-state index in [1.807, 2.05) is 11.3 Å². The summed E-state index contributed by atoms with van der Waals surface area (Å²) in [5.74, 6) is 0.513. The van der Waals surface area contributed by atoms with E-state index in [0.29, 0.717) is 5.92 Å². The summed E-state index contributed by atoms with van der Waals surface area (Å²) in [4.78, 5) is 1.44. The number of hydrogen-bond donors (Lipinski definition) is 1. The molecule has 0 spiro atoms. The number of thiophene rings is 1. The minimum Gasteiger partial charge on any atom is -0.315 e. The standard InChI is InChI=1S/C15H24N2S/c1-11(2)13(8-16)9-17-10-15(4,5)14-12(3)6-7-18-14/h6-7,11,13,17H,9-10H2,1-5H3. The summed E-state index contributed by atoms with van der Waals surface area (Å²) in [6, 6.07) is 4.55. The summed E-state index contributed by atoms with van der Waals surface area (Å²) >= 11 is 1.82. The van der Waals surface area contributed by atoms with Crippen molar-refractivity contribution in [3.63, 3.8) is 0 Å². The predicted octanol–water partition coefficient (Wildman–Crippen LogP) is 3.72. The summed E-state index contributed by atoms with van der Waals surface area (Å²) in [5, 5.41) is 14.7. The Morgan fingerprint density at radius 2 is 2.11 bits per heavy atom. The Hall–Kier alpha value is -0.850. The van der Waals surface area contributed by atoms with Crippen LogP contribution in [0.3, 0.4) is 0 Å². The molecule has 0 saturated heterocycles. The summed E-state index contributed by atoms with van der Waals surface area (Å²) < 4.78 is 0. The molecule has 2 nitrogen and oxygen atoms in total. The maximum Gasteiger partial charge on any atom is 0.0671 e. The monoisotopic (exact) mass is 264 g/mol. The SMILES string of the molecule is Cc1ccsc1C(C)(C)CNCC(C#N)C(C)C. The molecule has 0 aromatic carbocycles. The number of hydrogen-bond acceptors (Lipinski definition) is 3. The Kier molecular flexibility index (Phi) is 5.37. The van der Waals surface area contributed by atoms with E-state index in [9.17, 15) is 0 Å². The first-order chi connectivity index (χ1) is 8.38. The molecule has 0 amide bonds. The highest BCUT2D eigenvalue weighted by Crippen LogP contribution is 2.30. The summed E-state index contributed by atoms with van der Waals surface area (Å²) in [5.41, 5.74) is 1.50. The highest BCUT2D eigenvalue weighted by atomic mass is 32.1. The summed E-state index contributed by atoms with van der Waals surface area (Å²) in [7, 11) is 0. The van der Waals surface area contributed by atoms with Gasteiger partial charge in [0, 0.05) is 23.4 Å². The van der Waals surface area contributed by atoms with Crippen LogP contribution >= 0.6 is 11.3 Å². The fourth-order valence-corrected chi connectivity index (χ4v) is 3.17. The Morgan fingerprint density at radius 3 is 2.56 bits per heavy atom. The quantitative estimate of drug-likeness (QED) is 0.850. The molecule has 1 aromatic heterocycles. The van der Waals surface area contributed by atoms with Gasteiger partial charge in [0.05, 0.1) is 12.0 Å². The smallest absolute Gasteiger partial charge is 0.0671 e. The molecule has 100 valence electrons. The van der Waals surface area contributed by atoms with Gasteiger partial charge in [-0.3, -0.25) is 0 Å². The Balaban J connectivity index is 2.53. The van der Waals surface area contributed by atoms with Crippen LogP contribution in [-0.2, 0) is 5.41 Å². The fourth-order valence-electron chi connectivity index (χ4n) is 2.12. The molecule has 0 aliphatic rings. The van der Waals surface area contributed by atoms with Crippen LogP contribution in [0.5, 0.6) is 0 Å². The molecule has 0 bridgehead atoms. The first-order valence-corrected chi connectivity index (χ1v) is 7.41. The zero-order valence-corrected chi connectivity index (χ0v) is 12.9. The Labute approximate surface area is 115 Å². The van der Waals surface area contributed by atoms with Gasteiger partial charge in [0.2, 0.25) is 0 Å². The van der Waals surface area contributed by atoms with Crippen LogP contribution in [0, 0.1) is 30.1 Å². The van der Waals surface area contributed by atoms with Crippen molar-refractivity contribution in [2.75, 3.05) is 13.1 Å². The lowest BCUT2D eigenvalue weighted by atomic mass is 9.88. The normalized spacial score (nSPS) is 13.6. The highest BCUT2D eigenvalue weighted by Gasteiger charge is 2.24. The lowest BCUT2D eigenvalue weighted by Crippen LogP contribution is -2.36. The third-order valence-electron chi connectivity index (χ3n) is 3.38. The van der Waals surface area contributed by atoms with Crippen molar-refractivity contribution in [1.29, 1.82) is 5.26 Å². The van der Waals surface area contributed by atoms with Crippen molar-refractivity contribution in [3.8, 4) is 6.07 Å². The van der Waals surface area contributed by atoms with E-state index < -0.39 is 0 Å². The molecule has 1 rings (SSSR count). The van der Waals surface area contributed by atoms with Crippen molar-refractivity contribution in [3.05, 3.63) is 21.9 Å². The van der Waals surface area contributed by atoms with Crippen molar-refractivity contribution >= 4 is 11.3 Å². The number of nitrogens with one attached hydrogen (secondary N) is 1. The lowest BCUT2D eigenvalue weighted by Gasteiger charge is -2.26. The van der Waals surface area contributed by atoms with Gasteiger partial charge in [0.15, 0.2) is 0 Å². The second-order valence-corrected chi connectivity index (χ2v) is 6.84. The summed E-state index contributed by atoms with van der Waals surface area (Å²) in [6.07, 6.45) is 0. The number of rotatable bonds is 6. The van der Waals surface area contributed by atoms with Gasteiger partial charge >= 0.3 is 0 Å². The maximum absolute atomic E-state index is 9.07. The molecule has 0 aliphatic carbocycles. The van der Waals surface area contributed by atoms with Crippen molar-refractivity contribution in [2.45, 2.75) is 40.0 Å². The molecule has 0 radical (unpaired) electrons. The average Bonchev–Trinajstić information content (AvgIpc) is 2.71. The Morgan fingerprint density at radius 1 is 1.44 bits per heavy atom. The lowest BCUT2D eigenvalue weighted by molar-refractivity contribution is 0.404. The second-order valence-electron chi connectivity index (χ2n) is 5.93.